The van der Waals surface area contributed by atoms with Crippen LogP contribution in [0.1, 0.15) is 11.1 Å². The zero-order valence-electron chi connectivity index (χ0n) is 11.3. The van der Waals surface area contributed by atoms with Crippen LogP contribution in [0.4, 0.5) is 0 Å². The van der Waals surface area contributed by atoms with Crippen molar-refractivity contribution in [1.82, 2.24) is 4.98 Å². The smallest absolute Gasteiger partial charge is 0.256 e. The Kier molecular flexibility index (Phi) is 3.22. The van der Waals surface area contributed by atoms with E-state index in [0.717, 1.165) is 26.7 Å². The predicted octanol–water partition coefficient (Wildman–Crippen LogP) is 4.57. The molecule has 0 radical (unpaired) electrons. The van der Waals surface area contributed by atoms with Gasteiger partial charge >= 0.3 is 0 Å². The molecule has 0 saturated heterocycles. The van der Waals surface area contributed by atoms with E-state index in [-0.39, 0.29) is 5.56 Å². The summed E-state index contributed by atoms with van der Waals surface area (Å²) < 4.78 is 0.932. The van der Waals surface area contributed by atoms with Crippen LogP contribution in [0.5, 0.6) is 0 Å². The van der Waals surface area contributed by atoms with Crippen molar-refractivity contribution in [2.45, 2.75) is 13.8 Å². The first-order valence-corrected chi connectivity index (χ1v) is 7.25. The Morgan fingerprint density at radius 2 is 1.70 bits per heavy atom. The fourth-order valence-electron chi connectivity index (χ4n) is 2.41. The summed E-state index contributed by atoms with van der Waals surface area (Å²) in [5.74, 6) is 0. The minimum Gasteiger partial charge on any atom is -0.320 e. The number of benzene rings is 2. The van der Waals surface area contributed by atoms with Gasteiger partial charge in [0.15, 0.2) is 0 Å². The number of nitrogens with one attached hydrogen (secondary N) is 1. The van der Waals surface area contributed by atoms with Crippen LogP contribution in [-0.2, 0) is 0 Å². The molecule has 0 spiro atoms. The van der Waals surface area contributed by atoms with E-state index >= 15 is 0 Å². The van der Waals surface area contributed by atoms with Crippen LogP contribution in [0.25, 0.3) is 22.0 Å². The molecule has 100 valence electrons. The van der Waals surface area contributed by atoms with Gasteiger partial charge in [-0.05, 0) is 47.5 Å². The molecular weight excluding hydrogens is 314 g/mol. The van der Waals surface area contributed by atoms with Gasteiger partial charge in [-0.2, -0.15) is 0 Å². The Labute approximate surface area is 125 Å². The van der Waals surface area contributed by atoms with Crippen LogP contribution in [0.2, 0.25) is 0 Å². The third-order valence-electron chi connectivity index (χ3n) is 3.42. The molecule has 0 aliphatic rings. The third-order valence-corrected chi connectivity index (χ3v) is 4.24. The summed E-state index contributed by atoms with van der Waals surface area (Å²) in [6.45, 7) is 4.07. The lowest BCUT2D eigenvalue weighted by molar-refractivity contribution is 1.26. The first kappa shape index (κ1) is 13.1. The highest BCUT2D eigenvalue weighted by Gasteiger charge is 2.11. The Bertz CT molecular complexity index is 864. The average Bonchev–Trinajstić information content (AvgIpc) is 2.42. The third kappa shape index (κ3) is 2.18. The SMILES string of the molecule is Cc1cccc(-c2[nH]c(=O)c3ccc(C)cc3c2Br)c1. The minimum atomic E-state index is -0.0558. The molecule has 3 heteroatoms. The molecular formula is C17H14BrNO. The van der Waals surface area contributed by atoms with Crippen molar-refractivity contribution in [2.75, 3.05) is 0 Å². The molecule has 0 aliphatic heterocycles. The van der Waals surface area contributed by atoms with Gasteiger partial charge in [0.25, 0.3) is 5.56 Å². The van der Waals surface area contributed by atoms with Crippen molar-refractivity contribution >= 4 is 26.7 Å². The minimum absolute atomic E-state index is 0.0558. The van der Waals surface area contributed by atoms with Crippen molar-refractivity contribution in [2.24, 2.45) is 0 Å². The summed E-state index contributed by atoms with van der Waals surface area (Å²) in [5.41, 5.74) is 4.09. The molecule has 3 aromatic rings. The number of halogens is 1. The molecule has 0 aliphatic carbocycles. The first-order valence-electron chi connectivity index (χ1n) is 6.45. The highest BCUT2D eigenvalue weighted by Crippen LogP contribution is 2.31. The van der Waals surface area contributed by atoms with Crippen LogP contribution in [0, 0.1) is 13.8 Å². The Morgan fingerprint density at radius 1 is 0.950 bits per heavy atom. The molecule has 3 rings (SSSR count). The molecule has 0 fully saturated rings. The largest absolute Gasteiger partial charge is 0.320 e. The number of aromatic nitrogens is 1. The molecule has 1 heterocycles. The predicted molar refractivity (Wildman–Crippen MR) is 87.2 cm³/mol. The highest BCUT2D eigenvalue weighted by molar-refractivity contribution is 9.10. The quantitative estimate of drug-likeness (QED) is 0.697. The number of aromatic amines is 1. The van der Waals surface area contributed by atoms with E-state index in [2.05, 4.69) is 27.0 Å². The van der Waals surface area contributed by atoms with E-state index < -0.39 is 0 Å². The molecule has 1 N–H and O–H groups in total. The zero-order chi connectivity index (χ0) is 14.3. The summed E-state index contributed by atoms with van der Waals surface area (Å²) in [6.07, 6.45) is 0. The molecule has 0 bridgehead atoms. The second-order valence-electron chi connectivity index (χ2n) is 5.06. The standard InChI is InChI=1S/C17H14BrNO/c1-10-4-3-5-12(8-10)16-15(18)14-9-11(2)6-7-13(14)17(20)19-16/h3-9H,1-2H3,(H,19,20). The maximum atomic E-state index is 12.2. The van der Waals surface area contributed by atoms with Crippen LogP contribution < -0.4 is 5.56 Å². The van der Waals surface area contributed by atoms with Gasteiger partial charge in [0.1, 0.15) is 0 Å². The topological polar surface area (TPSA) is 32.9 Å². The van der Waals surface area contributed by atoms with Crippen LogP contribution in [0.3, 0.4) is 0 Å². The van der Waals surface area contributed by atoms with E-state index in [1.165, 1.54) is 5.56 Å². The van der Waals surface area contributed by atoms with Crippen molar-refractivity contribution in [3.63, 3.8) is 0 Å². The number of pyridine rings is 1. The summed E-state index contributed by atoms with van der Waals surface area (Å²) in [4.78, 5) is 15.2. The monoisotopic (exact) mass is 327 g/mol. The lowest BCUT2D eigenvalue weighted by Crippen LogP contribution is -2.08. The van der Waals surface area contributed by atoms with E-state index in [4.69, 9.17) is 0 Å². The van der Waals surface area contributed by atoms with Gasteiger partial charge < -0.3 is 4.98 Å². The summed E-state index contributed by atoms with van der Waals surface area (Å²) in [7, 11) is 0. The number of H-pyrrole nitrogens is 1. The number of hydrogen-bond acceptors (Lipinski definition) is 1. The summed E-state index contributed by atoms with van der Waals surface area (Å²) >= 11 is 3.64. The molecule has 2 aromatic carbocycles. The molecule has 0 amide bonds. The molecule has 0 atom stereocenters. The van der Waals surface area contributed by atoms with Gasteiger partial charge in [0, 0.05) is 15.2 Å². The number of hydrogen-bond donors (Lipinski definition) is 1. The molecule has 2 nitrogen and oxygen atoms in total. The van der Waals surface area contributed by atoms with Crippen LogP contribution >= 0.6 is 15.9 Å². The number of aryl methyl sites for hydroxylation is 2. The molecule has 1 aromatic heterocycles. The normalized spacial score (nSPS) is 10.9. The van der Waals surface area contributed by atoms with Crippen LogP contribution in [0.15, 0.2) is 51.7 Å². The second kappa shape index (κ2) is 4.91. The fraction of sp³-hybridized carbons (Fsp3) is 0.118. The Balaban J connectivity index is 2.38. The second-order valence-corrected chi connectivity index (χ2v) is 5.85. The van der Waals surface area contributed by atoms with Gasteiger partial charge in [0.2, 0.25) is 0 Å². The maximum absolute atomic E-state index is 12.2. The summed E-state index contributed by atoms with van der Waals surface area (Å²) in [5, 5.41) is 1.66. The van der Waals surface area contributed by atoms with Crippen molar-refractivity contribution in [1.29, 1.82) is 0 Å². The lowest BCUT2D eigenvalue weighted by Gasteiger charge is -2.09. The maximum Gasteiger partial charge on any atom is 0.256 e. The van der Waals surface area contributed by atoms with E-state index in [9.17, 15) is 4.79 Å². The average molecular weight is 328 g/mol. The molecule has 0 saturated carbocycles. The van der Waals surface area contributed by atoms with Crippen molar-refractivity contribution < 1.29 is 0 Å². The van der Waals surface area contributed by atoms with Gasteiger partial charge in [0.05, 0.1) is 5.69 Å². The van der Waals surface area contributed by atoms with Crippen molar-refractivity contribution in [3.05, 3.63) is 68.4 Å². The Hall–Kier alpha value is -1.87. The molecule has 0 unspecified atom stereocenters. The molecule has 20 heavy (non-hydrogen) atoms. The number of rotatable bonds is 1. The Morgan fingerprint density at radius 3 is 2.45 bits per heavy atom. The zero-order valence-corrected chi connectivity index (χ0v) is 12.9. The van der Waals surface area contributed by atoms with E-state index in [1.807, 2.05) is 50.2 Å². The number of fused-ring (bicyclic) bond motifs is 1. The van der Waals surface area contributed by atoms with Crippen LogP contribution in [-0.4, -0.2) is 4.98 Å². The van der Waals surface area contributed by atoms with E-state index in [0.29, 0.717) is 5.39 Å². The van der Waals surface area contributed by atoms with Crippen molar-refractivity contribution in [3.8, 4) is 11.3 Å². The lowest BCUT2D eigenvalue weighted by atomic mass is 10.0. The van der Waals surface area contributed by atoms with Gasteiger partial charge in [-0.25, -0.2) is 0 Å². The summed E-state index contributed by atoms with van der Waals surface area (Å²) in [6, 6.07) is 14.0. The fourth-order valence-corrected chi connectivity index (χ4v) is 3.06. The van der Waals surface area contributed by atoms with Gasteiger partial charge in [-0.15, -0.1) is 0 Å². The van der Waals surface area contributed by atoms with Gasteiger partial charge in [-0.1, -0.05) is 41.5 Å². The highest BCUT2D eigenvalue weighted by atomic mass is 79.9. The first-order chi connectivity index (χ1) is 9.56. The van der Waals surface area contributed by atoms with E-state index in [1.54, 1.807) is 0 Å². The van der Waals surface area contributed by atoms with Gasteiger partial charge in [-0.3, -0.25) is 4.79 Å².